The van der Waals surface area contributed by atoms with E-state index in [9.17, 15) is 25.3 Å². The van der Waals surface area contributed by atoms with Crippen LogP contribution in [0.3, 0.4) is 0 Å². The van der Waals surface area contributed by atoms with Gasteiger partial charge in [-0.25, -0.2) is 0 Å². The Morgan fingerprint density at radius 3 is 1.75 bits per heavy atom. The SMILES string of the molecule is CC(C)(C)c1cc(Oc2ccc([N+](=O)[O-])cc2[N+](=O)[O-])cc(C(C)(C)C)c1O. The van der Waals surface area contributed by atoms with Gasteiger partial charge in [0.15, 0.2) is 0 Å². The monoisotopic (exact) mass is 388 g/mol. The molecule has 1 N–H and O–H groups in total. The van der Waals surface area contributed by atoms with Crippen molar-refractivity contribution < 1.29 is 19.7 Å². The van der Waals surface area contributed by atoms with E-state index in [1.165, 1.54) is 6.07 Å². The maximum atomic E-state index is 11.4. The highest BCUT2D eigenvalue weighted by Gasteiger charge is 2.28. The van der Waals surface area contributed by atoms with Crippen LogP contribution in [0, 0.1) is 20.2 Å². The molecule has 0 unspecified atom stereocenters. The van der Waals surface area contributed by atoms with Crippen molar-refractivity contribution in [3.8, 4) is 17.2 Å². The van der Waals surface area contributed by atoms with Crippen LogP contribution >= 0.6 is 0 Å². The van der Waals surface area contributed by atoms with E-state index in [0.717, 1.165) is 12.1 Å². The zero-order chi connectivity index (χ0) is 21.4. The van der Waals surface area contributed by atoms with E-state index >= 15 is 0 Å². The van der Waals surface area contributed by atoms with E-state index in [0.29, 0.717) is 16.9 Å². The van der Waals surface area contributed by atoms with Gasteiger partial charge in [0.1, 0.15) is 11.5 Å². The van der Waals surface area contributed by atoms with Crippen molar-refractivity contribution >= 4 is 11.4 Å². The van der Waals surface area contributed by atoms with Gasteiger partial charge in [0.05, 0.1) is 15.9 Å². The van der Waals surface area contributed by atoms with Gasteiger partial charge in [0.25, 0.3) is 5.69 Å². The van der Waals surface area contributed by atoms with Crippen molar-refractivity contribution in [2.24, 2.45) is 0 Å². The molecule has 28 heavy (non-hydrogen) atoms. The van der Waals surface area contributed by atoms with Crippen LogP contribution < -0.4 is 4.74 Å². The molecular formula is C20H24N2O6. The molecule has 150 valence electrons. The molecule has 0 spiro atoms. The lowest BCUT2D eigenvalue weighted by Gasteiger charge is -2.28. The summed E-state index contributed by atoms with van der Waals surface area (Å²) in [7, 11) is 0. The molecule has 0 atom stereocenters. The second-order valence-corrected chi connectivity index (χ2v) is 8.64. The lowest BCUT2D eigenvalue weighted by Crippen LogP contribution is -2.17. The Morgan fingerprint density at radius 2 is 1.36 bits per heavy atom. The Bertz CT molecular complexity index is 904. The fourth-order valence-corrected chi connectivity index (χ4v) is 2.79. The zero-order valence-corrected chi connectivity index (χ0v) is 16.8. The fourth-order valence-electron chi connectivity index (χ4n) is 2.79. The third-order valence-corrected chi connectivity index (χ3v) is 4.28. The van der Waals surface area contributed by atoms with Crippen molar-refractivity contribution in [1.29, 1.82) is 0 Å². The minimum Gasteiger partial charge on any atom is -0.507 e. The van der Waals surface area contributed by atoms with Crippen molar-refractivity contribution in [1.82, 2.24) is 0 Å². The molecule has 0 saturated carbocycles. The third-order valence-electron chi connectivity index (χ3n) is 4.28. The number of non-ortho nitro benzene ring substituents is 1. The van der Waals surface area contributed by atoms with Crippen LogP contribution in [0.25, 0.3) is 0 Å². The Kier molecular flexibility index (Phi) is 5.36. The zero-order valence-electron chi connectivity index (χ0n) is 16.8. The normalized spacial score (nSPS) is 11.9. The smallest absolute Gasteiger partial charge is 0.318 e. The summed E-state index contributed by atoms with van der Waals surface area (Å²) in [5.74, 6) is 0.358. The minimum absolute atomic E-state index is 0.110. The fraction of sp³-hybridized carbons (Fsp3) is 0.400. The highest BCUT2D eigenvalue weighted by atomic mass is 16.6. The van der Waals surface area contributed by atoms with Crippen molar-refractivity contribution in [3.63, 3.8) is 0 Å². The number of phenols is 1. The molecule has 2 aromatic rings. The van der Waals surface area contributed by atoms with Crippen LogP contribution in [0.2, 0.25) is 0 Å². The number of phenolic OH excluding ortho intramolecular Hbond substituents is 1. The molecule has 2 aromatic carbocycles. The lowest BCUT2D eigenvalue weighted by molar-refractivity contribution is -0.394. The molecule has 0 aliphatic rings. The predicted molar refractivity (Wildman–Crippen MR) is 105 cm³/mol. The van der Waals surface area contributed by atoms with Gasteiger partial charge in [0, 0.05) is 17.2 Å². The first kappa shape index (κ1) is 21.1. The van der Waals surface area contributed by atoms with Crippen LogP contribution in [-0.4, -0.2) is 15.0 Å². The largest absolute Gasteiger partial charge is 0.507 e. The van der Waals surface area contributed by atoms with E-state index in [1.54, 1.807) is 12.1 Å². The Hall–Kier alpha value is -3.16. The average Bonchev–Trinajstić information content (AvgIpc) is 2.54. The molecule has 8 heteroatoms. The number of nitro groups is 2. The number of hydrogen-bond acceptors (Lipinski definition) is 6. The molecule has 2 rings (SSSR count). The molecule has 0 aliphatic carbocycles. The van der Waals surface area contributed by atoms with Crippen LogP contribution in [0.1, 0.15) is 52.7 Å². The summed E-state index contributed by atoms with van der Waals surface area (Å²) in [6.45, 7) is 11.6. The van der Waals surface area contributed by atoms with Gasteiger partial charge in [-0.05, 0) is 29.0 Å². The number of hydrogen-bond donors (Lipinski definition) is 1. The summed E-state index contributed by atoms with van der Waals surface area (Å²) in [4.78, 5) is 20.8. The van der Waals surface area contributed by atoms with Crippen LogP contribution in [0.5, 0.6) is 17.2 Å². The summed E-state index contributed by atoms with van der Waals surface area (Å²) >= 11 is 0. The van der Waals surface area contributed by atoms with E-state index < -0.39 is 32.1 Å². The van der Waals surface area contributed by atoms with Crippen molar-refractivity contribution in [2.75, 3.05) is 0 Å². The summed E-state index contributed by atoms with van der Waals surface area (Å²) < 4.78 is 5.76. The van der Waals surface area contributed by atoms with Crippen LogP contribution in [0.15, 0.2) is 30.3 Å². The Labute approximate surface area is 163 Å². The molecule has 0 aromatic heterocycles. The molecule has 0 saturated heterocycles. The first-order valence-electron chi connectivity index (χ1n) is 8.70. The summed E-state index contributed by atoms with van der Waals surface area (Å²) in [5, 5.41) is 33.0. The molecule has 0 heterocycles. The van der Waals surface area contributed by atoms with Gasteiger partial charge in [-0.3, -0.25) is 20.2 Å². The number of ether oxygens (including phenoxy) is 1. The van der Waals surface area contributed by atoms with Crippen LogP contribution in [-0.2, 0) is 10.8 Å². The molecule has 0 amide bonds. The standard InChI is InChI=1S/C20H24N2O6/c1-19(2,3)14-10-13(11-15(18(14)23)20(4,5)6)28-17-8-7-12(21(24)25)9-16(17)22(26)27/h7-11,23H,1-6H3. The summed E-state index contributed by atoms with van der Waals surface area (Å²) in [6, 6.07) is 6.49. The van der Waals surface area contributed by atoms with E-state index in [-0.39, 0.29) is 11.5 Å². The van der Waals surface area contributed by atoms with E-state index in [2.05, 4.69) is 0 Å². The average molecular weight is 388 g/mol. The first-order chi connectivity index (χ1) is 12.7. The molecule has 8 nitrogen and oxygen atoms in total. The molecule has 0 radical (unpaired) electrons. The molecule has 0 aliphatic heterocycles. The maximum absolute atomic E-state index is 11.4. The van der Waals surface area contributed by atoms with E-state index in [4.69, 9.17) is 4.74 Å². The van der Waals surface area contributed by atoms with Gasteiger partial charge in [0.2, 0.25) is 5.75 Å². The molecule has 0 bridgehead atoms. The first-order valence-corrected chi connectivity index (χ1v) is 8.70. The number of nitro benzene ring substituents is 2. The second-order valence-electron chi connectivity index (χ2n) is 8.64. The highest BCUT2D eigenvalue weighted by molar-refractivity contribution is 5.57. The molecule has 0 fully saturated rings. The number of benzene rings is 2. The van der Waals surface area contributed by atoms with Crippen molar-refractivity contribution in [2.45, 2.75) is 52.4 Å². The topological polar surface area (TPSA) is 116 Å². The minimum atomic E-state index is -0.724. The Morgan fingerprint density at radius 1 is 0.857 bits per heavy atom. The summed E-state index contributed by atoms with van der Waals surface area (Å²) in [5.41, 5.74) is -0.415. The summed E-state index contributed by atoms with van der Waals surface area (Å²) in [6.07, 6.45) is 0. The predicted octanol–water partition coefficient (Wildman–Crippen LogP) is 5.60. The third kappa shape index (κ3) is 4.39. The van der Waals surface area contributed by atoms with Gasteiger partial charge in [-0.1, -0.05) is 41.5 Å². The van der Waals surface area contributed by atoms with Gasteiger partial charge >= 0.3 is 5.69 Å². The quantitative estimate of drug-likeness (QED) is 0.538. The number of nitrogens with zero attached hydrogens (tertiary/aromatic N) is 2. The van der Waals surface area contributed by atoms with Crippen molar-refractivity contribution in [3.05, 3.63) is 61.7 Å². The lowest BCUT2D eigenvalue weighted by atomic mass is 9.79. The van der Waals surface area contributed by atoms with Gasteiger partial charge in [-0.15, -0.1) is 0 Å². The highest BCUT2D eigenvalue weighted by Crippen LogP contribution is 2.43. The maximum Gasteiger partial charge on any atom is 0.318 e. The van der Waals surface area contributed by atoms with E-state index in [1.807, 2.05) is 41.5 Å². The Balaban J connectivity index is 2.64. The second kappa shape index (κ2) is 7.10. The van der Waals surface area contributed by atoms with Gasteiger partial charge < -0.3 is 9.84 Å². The number of rotatable bonds is 4. The van der Waals surface area contributed by atoms with Crippen LogP contribution in [0.4, 0.5) is 11.4 Å². The number of aromatic hydroxyl groups is 1. The molecular weight excluding hydrogens is 364 g/mol. The van der Waals surface area contributed by atoms with Gasteiger partial charge in [-0.2, -0.15) is 0 Å².